The smallest absolute Gasteiger partial charge is 0.309 e. The molecule has 4 heteroatoms. The Morgan fingerprint density at radius 3 is 2.52 bits per heavy atom. The topological polar surface area (TPSA) is 49.8 Å². The summed E-state index contributed by atoms with van der Waals surface area (Å²) >= 11 is 0. The van der Waals surface area contributed by atoms with Crippen LogP contribution in [-0.4, -0.2) is 35.7 Å². The van der Waals surface area contributed by atoms with Crippen LogP contribution in [0.4, 0.5) is 0 Å². The first-order chi connectivity index (χ1) is 11.0. The van der Waals surface area contributed by atoms with Crippen molar-refractivity contribution in [2.24, 2.45) is 11.8 Å². The lowest BCUT2D eigenvalue weighted by Crippen LogP contribution is -2.49. The minimum absolute atomic E-state index is 0.187. The molecule has 1 saturated heterocycles. The maximum Gasteiger partial charge on any atom is 0.309 e. The predicted octanol–water partition coefficient (Wildman–Crippen LogP) is 3.80. The second-order valence-corrected chi connectivity index (χ2v) is 6.96. The average Bonchev–Trinajstić information content (AvgIpc) is 2.46. The second-order valence-electron chi connectivity index (χ2n) is 6.96. The van der Waals surface area contributed by atoms with Crippen LogP contribution in [0.3, 0.4) is 0 Å². The first-order valence-corrected chi connectivity index (χ1v) is 8.71. The summed E-state index contributed by atoms with van der Waals surface area (Å²) in [6.45, 7) is 7.44. The van der Waals surface area contributed by atoms with Crippen molar-refractivity contribution in [3.63, 3.8) is 0 Å². The molecule has 2 rings (SSSR count). The van der Waals surface area contributed by atoms with E-state index in [2.05, 4.69) is 30.9 Å². The molecule has 1 aromatic carbocycles. The van der Waals surface area contributed by atoms with Crippen LogP contribution < -0.4 is 4.74 Å². The number of ether oxygens (including phenoxy) is 1. The van der Waals surface area contributed by atoms with E-state index in [1.807, 2.05) is 12.1 Å². The Morgan fingerprint density at radius 1 is 1.22 bits per heavy atom. The van der Waals surface area contributed by atoms with Crippen LogP contribution in [0.25, 0.3) is 0 Å². The van der Waals surface area contributed by atoms with Crippen molar-refractivity contribution in [3.05, 3.63) is 29.8 Å². The van der Waals surface area contributed by atoms with Crippen LogP contribution in [0.2, 0.25) is 0 Å². The summed E-state index contributed by atoms with van der Waals surface area (Å²) in [5, 5.41) is 8.87. The van der Waals surface area contributed by atoms with E-state index in [0.29, 0.717) is 13.1 Å². The van der Waals surface area contributed by atoms with Crippen LogP contribution in [-0.2, 0) is 11.3 Å². The minimum Gasteiger partial charge on any atom is -0.494 e. The highest BCUT2D eigenvalue weighted by Gasteiger charge is 2.31. The summed E-state index contributed by atoms with van der Waals surface area (Å²) in [6.07, 6.45) is 4.93. The van der Waals surface area contributed by atoms with E-state index in [9.17, 15) is 4.79 Å². The Kier molecular flexibility index (Phi) is 6.90. The highest BCUT2D eigenvalue weighted by atomic mass is 16.5. The Morgan fingerprint density at radius 2 is 1.91 bits per heavy atom. The van der Waals surface area contributed by atoms with Crippen LogP contribution >= 0.6 is 0 Å². The van der Waals surface area contributed by atoms with E-state index in [4.69, 9.17) is 9.84 Å². The molecular formula is C19H29NO3. The van der Waals surface area contributed by atoms with Gasteiger partial charge >= 0.3 is 5.97 Å². The molecule has 1 aliphatic heterocycles. The lowest BCUT2D eigenvalue weighted by molar-refractivity contribution is -0.147. The molecular weight excluding hydrogens is 290 g/mol. The van der Waals surface area contributed by atoms with Crippen molar-refractivity contribution in [2.45, 2.75) is 46.1 Å². The van der Waals surface area contributed by atoms with Gasteiger partial charge in [-0.25, -0.2) is 0 Å². The number of nitrogens with zero attached hydrogens (tertiary/aromatic N) is 1. The van der Waals surface area contributed by atoms with Gasteiger partial charge in [-0.15, -0.1) is 0 Å². The third-order valence-corrected chi connectivity index (χ3v) is 4.33. The standard InChI is InChI=1S/C19H29NO3/c1-15(2)6-4-3-5-11-23-18-9-7-16(8-10-18)12-20-13-17(14-20)19(21)22/h7-10,15,17H,3-6,11-14H2,1-2H3,(H,21,22). The van der Waals surface area contributed by atoms with Crippen molar-refractivity contribution in [3.8, 4) is 5.75 Å². The molecule has 4 nitrogen and oxygen atoms in total. The number of aliphatic carboxylic acids is 1. The van der Waals surface area contributed by atoms with E-state index < -0.39 is 5.97 Å². The van der Waals surface area contributed by atoms with E-state index in [1.54, 1.807) is 0 Å². The molecule has 0 saturated carbocycles. The SMILES string of the molecule is CC(C)CCCCCOc1ccc(CN2CC(C(=O)O)C2)cc1. The number of unbranched alkanes of at least 4 members (excludes halogenated alkanes) is 2. The number of benzene rings is 1. The summed E-state index contributed by atoms with van der Waals surface area (Å²) in [5.41, 5.74) is 1.21. The Hall–Kier alpha value is -1.55. The van der Waals surface area contributed by atoms with E-state index in [0.717, 1.165) is 31.2 Å². The van der Waals surface area contributed by atoms with Gasteiger partial charge in [0.1, 0.15) is 5.75 Å². The van der Waals surface area contributed by atoms with Crippen LogP contribution in [0.15, 0.2) is 24.3 Å². The number of hydrogen-bond acceptors (Lipinski definition) is 3. The molecule has 0 amide bonds. The highest BCUT2D eigenvalue weighted by molar-refractivity contribution is 5.71. The maximum absolute atomic E-state index is 10.8. The first kappa shape index (κ1) is 17.8. The molecule has 0 radical (unpaired) electrons. The number of carbonyl (C=O) groups is 1. The first-order valence-electron chi connectivity index (χ1n) is 8.71. The molecule has 23 heavy (non-hydrogen) atoms. The molecule has 1 fully saturated rings. The minimum atomic E-state index is -0.682. The van der Waals surface area contributed by atoms with Crippen molar-refractivity contribution < 1.29 is 14.6 Å². The number of carboxylic acids is 1. The quantitative estimate of drug-likeness (QED) is 0.667. The van der Waals surface area contributed by atoms with Gasteiger partial charge in [0.2, 0.25) is 0 Å². The summed E-state index contributed by atoms with van der Waals surface area (Å²) < 4.78 is 5.77. The van der Waals surface area contributed by atoms with E-state index >= 15 is 0 Å². The highest BCUT2D eigenvalue weighted by Crippen LogP contribution is 2.20. The molecule has 0 unspecified atom stereocenters. The fourth-order valence-electron chi connectivity index (χ4n) is 2.83. The second kappa shape index (κ2) is 8.92. The summed E-state index contributed by atoms with van der Waals surface area (Å²) in [6, 6.07) is 8.17. The fourth-order valence-corrected chi connectivity index (χ4v) is 2.83. The van der Waals surface area contributed by atoms with Gasteiger partial charge in [-0.3, -0.25) is 9.69 Å². The van der Waals surface area contributed by atoms with Gasteiger partial charge < -0.3 is 9.84 Å². The van der Waals surface area contributed by atoms with E-state index in [1.165, 1.54) is 24.8 Å². The number of hydrogen-bond donors (Lipinski definition) is 1. The lowest BCUT2D eigenvalue weighted by Gasteiger charge is -2.36. The largest absolute Gasteiger partial charge is 0.494 e. The third-order valence-electron chi connectivity index (χ3n) is 4.33. The molecule has 0 aromatic heterocycles. The number of carboxylic acid groups (broad SMARTS) is 1. The Bertz CT molecular complexity index is 478. The molecule has 1 N–H and O–H groups in total. The maximum atomic E-state index is 10.8. The normalized spacial score (nSPS) is 15.6. The Balaban J connectivity index is 1.60. The Labute approximate surface area is 139 Å². The predicted molar refractivity (Wildman–Crippen MR) is 91.6 cm³/mol. The van der Waals surface area contributed by atoms with Crippen LogP contribution in [0.5, 0.6) is 5.75 Å². The van der Waals surface area contributed by atoms with Crippen molar-refractivity contribution in [2.75, 3.05) is 19.7 Å². The van der Waals surface area contributed by atoms with Gasteiger partial charge in [0.25, 0.3) is 0 Å². The molecule has 0 aliphatic carbocycles. The molecule has 0 bridgehead atoms. The molecule has 1 aliphatic rings. The zero-order valence-corrected chi connectivity index (χ0v) is 14.3. The fraction of sp³-hybridized carbons (Fsp3) is 0.632. The van der Waals surface area contributed by atoms with Gasteiger partial charge in [0, 0.05) is 19.6 Å². The van der Waals surface area contributed by atoms with Gasteiger partial charge in [0.05, 0.1) is 12.5 Å². The molecule has 0 spiro atoms. The van der Waals surface area contributed by atoms with Gasteiger partial charge in [-0.2, -0.15) is 0 Å². The van der Waals surface area contributed by atoms with Crippen LogP contribution in [0, 0.1) is 11.8 Å². The van der Waals surface area contributed by atoms with Crippen molar-refractivity contribution in [1.82, 2.24) is 4.90 Å². The molecule has 1 heterocycles. The van der Waals surface area contributed by atoms with Gasteiger partial charge in [0.15, 0.2) is 0 Å². The van der Waals surface area contributed by atoms with Crippen molar-refractivity contribution >= 4 is 5.97 Å². The summed E-state index contributed by atoms with van der Waals surface area (Å²) in [4.78, 5) is 12.9. The number of likely N-dealkylation sites (tertiary alicyclic amines) is 1. The summed E-state index contributed by atoms with van der Waals surface area (Å²) in [7, 11) is 0. The van der Waals surface area contributed by atoms with Crippen molar-refractivity contribution in [1.29, 1.82) is 0 Å². The average molecular weight is 319 g/mol. The van der Waals surface area contributed by atoms with Gasteiger partial charge in [-0.05, 0) is 30.0 Å². The third kappa shape index (κ3) is 6.22. The van der Waals surface area contributed by atoms with Gasteiger partial charge in [-0.1, -0.05) is 45.2 Å². The molecule has 1 aromatic rings. The van der Waals surface area contributed by atoms with E-state index in [-0.39, 0.29) is 5.92 Å². The monoisotopic (exact) mass is 319 g/mol. The number of rotatable bonds is 10. The lowest BCUT2D eigenvalue weighted by atomic mass is 10.00. The zero-order chi connectivity index (χ0) is 16.7. The summed E-state index contributed by atoms with van der Waals surface area (Å²) in [5.74, 6) is 0.844. The molecule has 128 valence electrons. The van der Waals surface area contributed by atoms with Crippen LogP contribution in [0.1, 0.15) is 45.1 Å². The molecule has 0 atom stereocenters. The zero-order valence-electron chi connectivity index (χ0n) is 14.3.